The Labute approximate surface area is 125 Å². The SMILES string of the molecule is C=CSN(C)CCC(=O)Nc1ccc(OC(F)(F)F)cc1. The molecule has 0 radical (unpaired) electrons. The Bertz CT molecular complexity index is 477. The average Bonchev–Trinajstić information content (AvgIpc) is 2.37. The number of anilines is 1. The number of carbonyl (C=O) groups is 1. The molecule has 116 valence electrons. The van der Waals surface area contributed by atoms with E-state index in [4.69, 9.17) is 0 Å². The van der Waals surface area contributed by atoms with E-state index in [1.165, 1.54) is 24.1 Å². The van der Waals surface area contributed by atoms with Crippen LogP contribution in [0.5, 0.6) is 5.75 Å². The molecule has 0 aromatic heterocycles. The van der Waals surface area contributed by atoms with Gasteiger partial charge in [0.05, 0.1) is 0 Å². The van der Waals surface area contributed by atoms with Crippen molar-refractivity contribution in [3.8, 4) is 5.75 Å². The molecule has 1 amide bonds. The fraction of sp³-hybridized carbons (Fsp3) is 0.308. The number of amides is 1. The van der Waals surface area contributed by atoms with Crippen LogP contribution in [0.2, 0.25) is 0 Å². The molecule has 0 bridgehead atoms. The van der Waals surface area contributed by atoms with Gasteiger partial charge in [0.25, 0.3) is 0 Å². The molecule has 0 atom stereocenters. The number of ether oxygens (including phenoxy) is 1. The van der Waals surface area contributed by atoms with Gasteiger partial charge in [-0.2, -0.15) is 0 Å². The first kappa shape index (κ1) is 17.4. The van der Waals surface area contributed by atoms with Gasteiger partial charge in [-0.15, -0.1) is 13.2 Å². The molecule has 0 saturated heterocycles. The molecule has 0 aliphatic heterocycles. The fourth-order valence-electron chi connectivity index (χ4n) is 1.40. The Morgan fingerprint density at radius 3 is 2.57 bits per heavy atom. The Hall–Kier alpha value is -1.67. The lowest BCUT2D eigenvalue weighted by Crippen LogP contribution is -2.19. The van der Waals surface area contributed by atoms with Crippen molar-refractivity contribution in [1.29, 1.82) is 0 Å². The number of benzene rings is 1. The molecule has 8 heteroatoms. The standard InChI is InChI=1S/C13H15F3N2O2S/c1-3-21-18(2)9-8-12(19)17-10-4-6-11(7-5-10)20-13(14,15)16/h3-7H,1,8-9H2,2H3,(H,17,19). The second-order valence-corrected chi connectivity index (χ2v) is 5.16. The molecule has 21 heavy (non-hydrogen) atoms. The van der Waals surface area contributed by atoms with Crippen LogP contribution >= 0.6 is 11.9 Å². The van der Waals surface area contributed by atoms with Crippen LogP contribution in [0.4, 0.5) is 18.9 Å². The zero-order valence-corrected chi connectivity index (χ0v) is 12.1. The summed E-state index contributed by atoms with van der Waals surface area (Å²) in [6, 6.07) is 4.98. The Kier molecular flexibility index (Phi) is 6.57. The molecule has 0 aliphatic rings. The lowest BCUT2D eigenvalue weighted by atomic mass is 10.3. The van der Waals surface area contributed by atoms with E-state index in [9.17, 15) is 18.0 Å². The first-order chi connectivity index (χ1) is 9.80. The summed E-state index contributed by atoms with van der Waals surface area (Å²) in [7, 11) is 1.82. The van der Waals surface area contributed by atoms with E-state index in [0.29, 0.717) is 12.2 Å². The Morgan fingerprint density at radius 2 is 2.05 bits per heavy atom. The second kappa shape index (κ2) is 7.94. The van der Waals surface area contributed by atoms with Crippen molar-refractivity contribution >= 4 is 23.5 Å². The normalized spacial score (nSPS) is 11.3. The summed E-state index contributed by atoms with van der Waals surface area (Å²) in [5.41, 5.74) is 0.411. The van der Waals surface area contributed by atoms with Crippen LogP contribution in [0.15, 0.2) is 36.3 Å². The fourth-order valence-corrected chi connectivity index (χ4v) is 1.85. The zero-order chi connectivity index (χ0) is 15.9. The number of hydrogen-bond acceptors (Lipinski definition) is 4. The topological polar surface area (TPSA) is 41.6 Å². The van der Waals surface area contributed by atoms with E-state index in [1.807, 2.05) is 11.4 Å². The van der Waals surface area contributed by atoms with E-state index in [1.54, 1.807) is 5.41 Å². The molecule has 1 rings (SSSR count). The van der Waals surface area contributed by atoms with Gasteiger partial charge < -0.3 is 10.1 Å². The van der Waals surface area contributed by atoms with E-state index >= 15 is 0 Å². The largest absolute Gasteiger partial charge is 0.573 e. The highest BCUT2D eigenvalue weighted by Gasteiger charge is 2.30. The molecule has 0 unspecified atom stereocenters. The summed E-state index contributed by atoms with van der Waals surface area (Å²) in [6.45, 7) is 4.08. The van der Waals surface area contributed by atoms with E-state index in [0.717, 1.165) is 12.1 Å². The lowest BCUT2D eigenvalue weighted by molar-refractivity contribution is -0.274. The molecule has 0 aliphatic carbocycles. The van der Waals surface area contributed by atoms with Crippen molar-refractivity contribution in [2.75, 3.05) is 18.9 Å². The van der Waals surface area contributed by atoms with Crippen molar-refractivity contribution in [3.63, 3.8) is 0 Å². The number of alkyl halides is 3. The lowest BCUT2D eigenvalue weighted by Gasteiger charge is -2.13. The van der Waals surface area contributed by atoms with Crippen LogP contribution in [0.25, 0.3) is 0 Å². The summed E-state index contributed by atoms with van der Waals surface area (Å²) in [6.07, 6.45) is -4.46. The maximum atomic E-state index is 12.0. The minimum Gasteiger partial charge on any atom is -0.406 e. The van der Waals surface area contributed by atoms with E-state index in [2.05, 4.69) is 16.6 Å². The van der Waals surface area contributed by atoms with Gasteiger partial charge in [0.2, 0.25) is 5.91 Å². The van der Waals surface area contributed by atoms with Crippen LogP contribution in [-0.2, 0) is 4.79 Å². The van der Waals surface area contributed by atoms with Crippen LogP contribution in [0, 0.1) is 0 Å². The minimum atomic E-state index is -4.72. The first-order valence-electron chi connectivity index (χ1n) is 5.94. The third-order valence-electron chi connectivity index (χ3n) is 2.28. The molecule has 1 aromatic carbocycles. The predicted molar refractivity (Wildman–Crippen MR) is 76.8 cm³/mol. The number of halogens is 3. The highest BCUT2D eigenvalue weighted by atomic mass is 32.2. The van der Waals surface area contributed by atoms with Crippen LogP contribution in [-0.4, -0.2) is 30.2 Å². The third kappa shape index (κ3) is 7.62. The van der Waals surface area contributed by atoms with Crippen LogP contribution < -0.4 is 10.1 Å². The van der Waals surface area contributed by atoms with E-state index < -0.39 is 6.36 Å². The molecule has 0 saturated carbocycles. The summed E-state index contributed by atoms with van der Waals surface area (Å²) >= 11 is 1.38. The van der Waals surface area contributed by atoms with Crippen molar-refractivity contribution in [2.24, 2.45) is 0 Å². The van der Waals surface area contributed by atoms with Crippen molar-refractivity contribution < 1.29 is 22.7 Å². The first-order valence-corrected chi connectivity index (χ1v) is 6.78. The average molecular weight is 320 g/mol. The molecule has 0 heterocycles. The minimum absolute atomic E-state index is 0.226. The molecule has 1 N–H and O–H groups in total. The van der Waals surface area contributed by atoms with Gasteiger partial charge in [-0.3, -0.25) is 4.79 Å². The maximum absolute atomic E-state index is 12.0. The molecule has 0 spiro atoms. The molecule has 4 nitrogen and oxygen atoms in total. The van der Waals surface area contributed by atoms with Crippen molar-refractivity contribution in [2.45, 2.75) is 12.8 Å². The predicted octanol–water partition coefficient (Wildman–Crippen LogP) is 3.64. The van der Waals surface area contributed by atoms with Gasteiger partial charge in [0.15, 0.2) is 0 Å². The van der Waals surface area contributed by atoms with Gasteiger partial charge in [-0.05, 0) is 36.7 Å². The number of rotatable bonds is 7. The molecular weight excluding hydrogens is 305 g/mol. The number of nitrogens with one attached hydrogen (secondary N) is 1. The second-order valence-electron chi connectivity index (χ2n) is 3.99. The quantitative estimate of drug-likeness (QED) is 0.779. The highest BCUT2D eigenvalue weighted by molar-refractivity contribution is 7.99. The molecule has 1 aromatic rings. The number of carbonyl (C=O) groups excluding carboxylic acids is 1. The summed E-state index contributed by atoms with van der Waals surface area (Å²) in [5.74, 6) is -0.557. The number of hydrogen-bond donors (Lipinski definition) is 1. The Balaban J connectivity index is 2.44. The van der Waals surface area contributed by atoms with Crippen molar-refractivity contribution in [3.05, 3.63) is 36.3 Å². The maximum Gasteiger partial charge on any atom is 0.573 e. The van der Waals surface area contributed by atoms with E-state index in [-0.39, 0.29) is 18.1 Å². The summed E-state index contributed by atoms with van der Waals surface area (Å²) in [4.78, 5) is 11.7. The molecular formula is C13H15F3N2O2S. The van der Waals surface area contributed by atoms with Gasteiger partial charge >= 0.3 is 6.36 Å². The smallest absolute Gasteiger partial charge is 0.406 e. The van der Waals surface area contributed by atoms with Crippen LogP contribution in [0.1, 0.15) is 6.42 Å². The highest BCUT2D eigenvalue weighted by Crippen LogP contribution is 2.24. The monoisotopic (exact) mass is 320 g/mol. The van der Waals surface area contributed by atoms with Crippen LogP contribution in [0.3, 0.4) is 0 Å². The van der Waals surface area contributed by atoms with Gasteiger partial charge in [-0.1, -0.05) is 18.5 Å². The third-order valence-corrected chi connectivity index (χ3v) is 2.97. The number of nitrogens with zero attached hydrogens (tertiary/aromatic N) is 1. The van der Waals surface area contributed by atoms with Gasteiger partial charge in [0.1, 0.15) is 5.75 Å². The summed E-state index contributed by atoms with van der Waals surface area (Å²) < 4.78 is 41.5. The van der Waals surface area contributed by atoms with Gasteiger partial charge in [-0.25, -0.2) is 4.31 Å². The van der Waals surface area contributed by atoms with Crippen molar-refractivity contribution in [1.82, 2.24) is 4.31 Å². The van der Waals surface area contributed by atoms with Gasteiger partial charge in [0, 0.05) is 18.7 Å². The Morgan fingerprint density at radius 1 is 1.43 bits per heavy atom. The zero-order valence-electron chi connectivity index (χ0n) is 11.3. The molecule has 0 fully saturated rings. The summed E-state index contributed by atoms with van der Waals surface area (Å²) in [5, 5.41) is 4.24.